The van der Waals surface area contributed by atoms with Crippen LogP contribution in [-0.2, 0) is 6.54 Å². The van der Waals surface area contributed by atoms with Gasteiger partial charge in [0.15, 0.2) is 5.76 Å². The van der Waals surface area contributed by atoms with E-state index in [4.69, 9.17) is 21.8 Å². The Morgan fingerprint density at radius 2 is 1.88 bits per heavy atom. The van der Waals surface area contributed by atoms with Gasteiger partial charge in [-0.2, -0.15) is 0 Å². The van der Waals surface area contributed by atoms with Gasteiger partial charge in [0.1, 0.15) is 5.76 Å². The second-order valence-electron chi connectivity index (χ2n) is 3.34. The minimum Gasteiger partial charge on any atom is -0.452 e. The van der Waals surface area contributed by atoms with Gasteiger partial charge in [0.05, 0.1) is 0 Å². The first-order valence-electron chi connectivity index (χ1n) is 4.80. The van der Waals surface area contributed by atoms with Crippen molar-refractivity contribution in [3.8, 4) is 11.3 Å². The average molecular weight is 236 g/mol. The molecular formula is C12H10ClNO2. The summed E-state index contributed by atoms with van der Waals surface area (Å²) in [5, 5.41) is -0.593. The Morgan fingerprint density at radius 1 is 1.19 bits per heavy atom. The molecule has 0 spiro atoms. The molecule has 0 aliphatic carbocycles. The molecule has 4 heteroatoms. The number of halogens is 1. The highest BCUT2D eigenvalue weighted by Crippen LogP contribution is 2.23. The third kappa shape index (κ3) is 2.15. The van der Waals surface area contributed by atoms with Crippen molar-refractivity contribution in [3.63, 3.8) is 0 Å². The van der Waals surface area contributed by atoms with Gasteiger partial charge in [0.2, 0.25) is 0 Å². The molecule has 0 amide bonds. The van der Waals surface area contributed by atoms with E-state index < -0.39 is 5.24 Å². The van der Waals surface area contributed by atoms with Crippen LogP contribution >= 0.6 is 11.6 Å². The number of carbonyl (C=O) groups excluding carboxylic acids is 1. The molecule has 2 aromatic rings. The Balaban J connectivity index is 2.31. The molecule has 0 aliphatic rings. The molecule has 16 heavy (non-hydrogen) atoms. The molecule has 82 valence electrons. The molecule has 3 nitrogen and oxygen atoms in total. The number of furan rings is 1. The van der Waals surface area contributed by atoms with E-state index in [0.717, 1.165) is 11.1 Å². The number of hydrogen-bond donors (Lipinski definition) is 1. The molecule has 1 aromatic heterocycles. The summed E-state index contributed by atoms with van der Waals surface area (Å²) in [6.45, 7) is 0.504. The maximum absolute atomic E-state index is 10.8. The minimum atomic E-state index is -0.593. The molecule has 0 aliphatic heterocycles. The fourth-order valence-corrected chi connectivity index (χ4v) is 1.51. The van der Waals surface area contributed by atoms with E-state index in [1.54, 1.807) is 12.1 Å². The summed E-state index contributed by atoms with van der Waals surface area (Å²) in [5.74, 6) is 0.770. The molecule has 0 atom stereocenters. The van der Waals surface area contributed by atoms with Gasteiger partial charge in [-0.25, -0.2) is 0 Å². The zero-order valence-corrected chi connectivity index (χ0v) is 9.20. The lowest BCUT2D eigenvalue weighted by molar-refractivity contribution is 0.105. The van der Waals surface area contributed by atoms with E-state index in [1.807, 2.05) is 24.3 Å². The largest absolute Gasteiger partial charge is 0.452 e. The SMILES string of the molecule is NCc1ccc(-c2ccc(C(=O)Cl)o2)cc1. The standard InChI is InChI=1S/C12H10ClNO2/c13-12(15)11-6-5-10(16-11)9-3-1-8(7-14)2-4-9/h1-6H,7,14H2. The Kier molecular flexibility index (Phi) is 3.08. The molecule has 2 N–H and O–H groups in total. The van der Waals surface area contributed by atoms with Gasteiger partial charge in [-0.1, -0.05) is 24.3 Å². The number of rotatable bonds is 3. The van der Waals surface area contributed by atoms with Crippen LogP contribution in [0.25, 0.3) is 11.3 Å². The van der Waals surface area contributed by atoms with Crippen LogP contribution in [0.4, 0.5) is 0 Å². The van der Waals surface area contributed by atoms with Crippen LogP contribution in [0.15, 0.2) is 40.8 Å². The first-order chi connectivity index (χ1) is 7.70. The third-order valence-corrected chi connectivity index (χ3v) is 2.46. The normalized spacial score (nSPS) is 10.4. The second kappa shape index (κ2) is 4.51. The zero-order chi connectivity index (χ0) is 11.5. The van der Waals surface area contributed by atoms with E-state index in [1.165, 1.54) is 0 Å². The van der Waals surface area contributed by atoms with Gasteiger partial charge in [-0.05, 0) is 29.3 Å². The van der Waals surface area contributed by atoms with E-state index >= 15 is 0 Å². The lowest BCUT2D eigenvalue weighted by Gasteiger charge is -1.99. The number of hydrogen-bond acceptors (Lipinski definition) is 3. The van der Waals surface area contributed by atoms with Crippen LogP contribution in [0, 0.1) is 0 Å². The first-order valence-corrected chi connectivity index (χ1v) is 5.17. The summed E-state index contributed by atoms with van der Waals surface area (Å²) < 4.78 is 5.29. The van der Waals surface area contributed by atoms with E-state index in [0.29, 0.717) is 12.3 Å². The van der Waals surface area contributed by atoms with Crippen molar-refractivity contribution in [2.75, 3.05) is 0 Å². The second-order valence-corrected chi connectivity index (χ2v) is 3.68. The molecule has 1 heterocycles. The Hall–Kier alpha value is -1.58. The molecule has 0 radical (unpaired) electrons. The van der Waals surface area contributed by atoms with Gasteiger partial charge in [-0.3, -0.25) is 4.79 Å². The van der Waals surface area contributed by atoms with E-state index in [9.17, 15) is 4.79 Å². The van der Waals surface area contributed by atoms with Crippen molar-refractivity contribution in [3.05, 3.63) is 47.7 Å². The summed E-state index contributed by atoms with van der Waals surface area (Å²) in [7, 11) is 0. The van der Waals surface area contributed by atoms with Crippen LogP contribution in [0.2, 0.25) is 0 Å². The summed E-state index contributed by atoms with van der Waals surface area (Å²) in [6, 6.07) is 10.9. The van der Waals surface area contributed by atoms with Crippen LogP contribution in [-0.4, -0.2) is 5.24 Å². The molecular weight excluding hydrogens is 226 g/mol. The molecule has 0 fully saturated rings. The summed E-state index contributed by atoms with van der Waals surface area (Å²) >= 11 is 5.30. The molecule has 0 bridgehead atoms. The summed E-state index contributed by atoms with van der Waals surface area (Å²) in [4.78, 5) is 10.8. The van der Waals surface area contributed by atoms with Crippen LogP contribution in [0.1, 0.15) is 16.1 Å². The monoisotopic (exact) mass is 235 g/mol. The highest BCUT2D eigenvalue weighted by Gasteiger charge is 2.09. The fraction of sp³-hybridized carbons (Fsp3) is 0.0833. The maximum Gasteiger partial charge on any atom is 0.287 e. The third-order valence-electron chi connectivity index (χ3n) is 2.27. The van der Waals surface area contributed by atoms with Crippen LogP contribution < -0.4 is 5.73 Å². The Morgan fingerprint density at radius 3 is 2.38 bits per heavy atom. The molecule has 0 saturated carbocycles. The molecule has 0 saturated heterocycles. The topological polar surface area (TPSA) is 56.2 Å². The fourth-order valence-electron chi connectivity index (χ4n) is 1.40. The number of nitrogens with two attached hydrogens (primary N) is 1. The summed E-state index contributed by atoms with van der Waals surface area (Å²) in [5.41, 5.74) is 7.43. The average Bonchev–Trinajstić information content (AvgIpc) is 2.78. The Labute approximate surface area is 97.8 Å². The molecule has 1 aromatic carbocycles. The van der Waals surface area contributed by atoms with Gasteiger partial charge in [0.25, 0.3) is 5.24 Å². The minimum absolute atomic E-state index is 0.152. The smallest absolute Gasteiger partial charge is 0.287 e. The lowest BCUT2D eigenvalue weighted by Crippen LogP contribution is -1.94. The van der Waals surface area contributed by atoms with Crippen LogP contribution in [0.3, 0.4) is 0 Å². The first kappa shape index (κ1) is 10.9. The van der Waals surface area contributed by atoms with Crippen LogP contribution in [0.5, 0.6) is 0 Å². The van der Waals surface area contributed by atoms with Crippen molar-refractivity contribution < 1.29 is 9.21 Å². The van der Waals surface area contributed by atoms with Gasteiger partial charge in [0, 0.05) is 12.1 Å². The van der Waals surface area contributed by atoms with E-state index in [2.05, 4.69) is 0 Å². The number of carbonyl (C=O) groups is 1. The predicted molar refractivity (Wildman–Crippen MR) is 62.2 cm³/mol. The lowest BCUT2D eigenvalue weighted by atomic mass is 10.1. The number of benzene rings is 1. The van der Waals surface area contributed by atoms with Crippen molar-refractivity contribution in [2.24, 2.45) is 5.73 Å². The van der Waals surface area contributed by atoms with Gasteiger partial charge < -0.3 is 10.2 Å². The van der Waals surface area contributed by atoms with E-state index in [-0.39, 0.29) is 5.76 Å². The molecule has 2 rings (SSSR count). The quantitative estimate of drug-likeness (QED) is 0.833. The van der Waals surface area contributed by atoms with Crippen molar-refractivity contribution in [1.29, 1.82) is 0 Å². The highest BCUT2D eigenvalue weighted by molar-refractivity contribution is 6.67. The predicted octanol–water partition coefficient (Wildman–Crippen LogP) is 2.78. The van der Waals surface area contributed by atoms with Crippen molar-refractivity contribution >= 4 is 16.8 Å². The van der Waals surface area contributed by atoms with Gasteiger partial charge in [-0.15, -0.1) is 0 Å². The van der Waals surface area contributed by atoms with Crippen molar-refractivity contribution in [1.82, 2.24) is 0 Å². The summed E-state index contributed by atoms with van der Waals surface area (Å²) in [6.07, 6.45) is 0. The zero-order valence-electron chi connectivity index (χ0n) is 8.44. The Bertz CT molecular complexity index is 502. The maximum atomic E-state index is 10.8. The van der Waals surface area contributed by atoms with Crippen molar-refractivity contribution in [2.45, 2.75) is 6.54 Å². The molecule has 0 unspecified atom stereocenters. The highest BCUT2D eigenvalue weighted by atomic mass is 35.5. The van der Waals surface area contributed by atoms with Gasteiger partial charge >= 0.3 is 0 Å².